The van der Waals surface area contributed by atoms with E-state index in [0.717, 1.165) is 10.6 Å². The number of likely N-dealkylation sites (N-methyl/N-ethyl adjacent to an activating group) is 1. The summed E-state index contributed by atoms with van der Waals surface area (Å²) in [4.78, 5) is 26.5. The van der Waals surface area contributed by atoms with E-state index >= 15 is 0 Å². The van der Waals surface area contributed by atoms with E-state index in [1.807, 2.05) is 30.5 Å². The number of benzene rings is 2. The zero-order valence-electron chi connectivity index (χ0n) is 14.0. The van der Waals surface area contributed by atoms with Crippen molar-refractivity contribution in [3.8, 4) is 0 Å². The Morgan fingerprint density at radius 2 is 1.84 bits per heavy atom. The van der Waals surface area contributed by atoms with E-state index in [0.29, 0.717) is 5.56 Å². The smallest absolute Gasteiger partial charge is 0.246 e. The van der Waals surface area contributed by atoms with Crippen LogP contribution in [-0.2, 0) is 9.59 Å². The van der Waals surface area contributed by atoms with Gasteiger partial charge in [0, 0.05) is 18.0 Å². The summed E-state index contributed by atoms with van der Waals surface area (Å²) in [6, 6.07) is 13.3. The fourth-order valence-electron chi connectivity index (χ4n) is 2.10. The van der Waals surface area contributed by atoms with Crippen LogP contribution in [0.4, 0.5) is 10.1 Å². The molecular weight excluding hydrogens is 339 g/mol. The van der Waals surface area contributed by atoms with Crippen molar-refractivity contribution in [2.75, 3.05) is 25.2 Å². The average molecular weight is 358 g/mol. The van der Waals surface area contributed by atoms with Gasteiger partial charge in [0.25, 0.3) is 0 Å². The van der Waals surface area contributed by atoms with Gasteiger partial charge in [-0.05, 0) is 42.2 Å². The molecule has 0 bridgehead atoms. The largest absolute Gasteiger partial charge is 0.333 e. The predicted octanol–water partition coefficient (Wildman–Crippen LogP) is 3.66. The molecule has 0 saturated heterocycles. The zero-order valence-corrected chi connectivity index (χ0v) is 14.8. The first kappa shape index (κ1) is 18.7. The van der Waals surface area contributed by atoms with Gasteiger partial charge in [0.15, 0.2) is 0 Å². The van der Waals surface area contributed by atoms with Crippen molar-refractivity contribution in [3.63, 3.8) is 0 Å². The number of thioether (sulfide) groups is 1. The molecule has 0 aliphatic carbocycles. The summed E-state index contributed by atoms with van der Waals surface area (Å²) in [6.45, 7) is -0.0602. The van der Waals surface area contributed by atoms with Crippen LogP contribution in [0, 0.1) is 5.82 Å². The summed E-state index contributed by atoms with van der Waals surface area (Å²) in [6.07, 6.45) is 4.87. The number of rotatable bonds is 6. The monoisotopic (exact) mass is 358 g/mol. The van der Waals surface area contributed by atoms with E-state index in [1.54, 1.807) is 25.3 Å². The van der Waals surface area contributed by atoms with Gasteiger partial charge in [-0.1, -0.05) is 24.3 Å². The maximum absolute atomic E-state index is 12.8. The molecule has 4 nitrogen and oxygen atoms in total. The van der Waals surface area contributed by atoms with Crippen LogP contribution in [0.25, 0.3) is 6.08 Å². The summed E-state index contributed by atoms with van der Waals surface area (Å²) >= 11 is 1.54. The van der Waals surface area contributed by atoms with E-state index < -0.39 is 0 Å². The van der Waals surface area contributed by atoms with Crippen LogP contribution < -0.4 is 5.32 Å². The van der Waals surface area contributed by atoms with Crippen molar-refractivity contribution in [2.24, 2.45) is 0 Å². The van der Waals surface area contributed by atoms with Gasteiger partial charge in [-0.15, -0.1) is 11.8 Å². The number of carbonyl (C=O) groups is 2. The van der Waals surface area contributed by atoms with Crippen LogP contribution in [0.3, 0.4) is 0 Å². The van der Waals surface area contributed by atoms with Crippen LogP contribution >= 0.6 is 11.8 Å². The summed E-state index contributed by atoms with van der Waals surface area (Å²) in [7, 11) is 1.55. The Bertz CT molecular complexity index is 775. The lowest BCUT2D eigenvalue weighted by atomic mass is 10.2. The average Bonchev–Trinajstić information content (AvgIpc) is 2.61. The van der Waals surface area contributed by atoms with Crippen molar-refractivity contribution in [1.29, 1.82) is 0 Å². The minimum atomic E-state index is -0.331. The summed E-state index contributed by atoms with van der Waals surface area (Å²) in [5.41, 5.74) is 1.43. The van der Waals surface area contributed by atoms with Crippen molar-refractivity contribution < 1.29 is 14.0 Å². The molecule has 2 rings (SSSR count). The van der Waals surface area contributed by atoms with Gasteiger partial charge in [0.05, 0.1) is 12.2 Å². The predicted molar refractivity (Wildman–Crippen MR) is 99.9 cm³/mol. The second kappa shape index (κ2) is 9.03. The fraction of sp³-hybridized carbons (Fsp3) is 0.158. The second-order valence-electron chi connectivity index (χ2n) is 5.33. The standard InChI is InChI=1S/C19H19FN2O2S/c1-22(19(24)12-9-14-7-10-15(20)11-8-14)13-18(23)21-16-5-3-4-6-17(16)25-2/h3-12H,13H2,1-2H3,(H,21,23)/b12-9+. The van der Waals surface area contributed by atoms with Gasteiger partial charge in [-0.3, -0.25) is 9.59 Å². The topological polar surface area (TPSA) is 49.4 Å². The molecule has 0 aromatic heterocycles. The molecule has 0 atom stereocenters. The maximum Gasteiger partial charge on any atom is 0.246 e. The first-order valence-electron chi connectivity index (χ1n) is 7.61. The lowest BCUT2D eigenvalue weighted by molar-refractivity contribution is -0.129. The van der Waals surface area contributed by atoms with E-state index in [2.05, 4.69) is 5.32 Å². The van der Waals surface area contributed by atoms with Crippen molar-refractivity contribution in [3.05, 3.63) is 66.0 Å². The van der Waals surface area contributed by atoms with Crippen LogP contribution in [0.15, 0.2) is 59.5 Å². The molecule has 25 heavy (non-hydrogen) atoms. The Kier molecular flexibility index (Phi) is 6.77. The van der Waals surface area contributed by atoms with E-state index in [1.165, 1.54) is 34.9 Å². The second-order valence-corrected chi connectivity index (χ2v) is 6.18. The quantitative estimate of drug-likeness (QED) is 0.633. The lowest BCUT2D eigenvalue weighted by Crippen LogP contribution is -2.33. The Hall–Kier alpha value is -2.60. The normalized spacial score (nSPS) is 10.7. The summed E-state index contributed by atoms with van der Waals surface area (Å²) in [5, 5.41) is 2.81. The molecule has 0 spiro atoms. The van der Waals surface area contributed by atoms with E-state index in [4.69, 9.17) is 0 Å². The van der Waals surface area contributed by atoms with Crippen molar-refractivity contribution >= 4 is 35.3 Å². The number of carbonyl (C=O) groups excluding carboxylic acids is 2. The number of nitrogens with zero attached hydrogens (tertiary/aromatic N) is 1. The molecule has 6 heteroatoms. The van der Waals surface area contributed by atoms with Gasteiger partial charge in [0.1, 0.15) is 5.82 Å². The van der Waals surface area contributed by atoms with Gasteiger partial charge >= 0.3 is 0 Å². The van der Waals surface area contributed by atoms with Gasteiger partial charge in [-0.2, -0.15) is 0 Å². The molecule has 130 valence electrons. The van der Waals surface area contributed by atoms with Crippen molar-refractivity contribution in [2.45, 2.75) is 4.90 Å². The highest BCUT2D eigenvalue weighted by Gasteiger charge is 2.12. The van der Waals surface area contributed by atoms with Crippen LogP contribution in [0.2, 0.25) is 0 Å². The number of hydrogen-bond acceptors (Lipinski definition) is 3. The van der Waals surface area contributed by atoms with Gasteiger partial charge in [-0.25, -0.2) is 4.39 Å². The van der Waals surface area contributed by atoms with E-state index in [9.17, 15) is 14.0 Å². The molecule has 0 heterocycles. The van der Waals surface area contributed by atoms with Gasteiger partial charge in [0.2, 0.25) is 11.8 Å². The Balaban J connectivity index is 1.91. The number of anilines is 1. The Morgan fingerprint density at radius 1 is 1.16 bits per heavy atom. The number of nitrogens with one attached hydrogen (secondary N) is 1. The highest BCUT2D eigenvalue weighted by atomic mass is 32.2. The summed E-state index contributed by atoms with van der Waals surface area (Å²) in [5.74, 6) is -0.909. The number of hydrogen-bond donors (Lipinski definition) is 1. The molecule has 0 radical (unpaired) electrons. The van der Waals surface area contributed by atoms with Crippen LogP contribution in [0.1, 0.15) is 5.56 Å². The van der Waals surface area contributed by atoms with Crippen LogP contribution in [0.5, 0.6) is 0 Å². The molecule has 2 amide bonds. The SMILES string of the molecule is CSc1ccccc1NC(=O)CN(C)C(=O)/C=C/c1ccc(F)cc1. The first-order valence-corrected chi connectivity index (χ1v) is 8.83. The summed E-state index contributed by atoms with van der Waals surface area (Å²) < 4.78 is 12.8. The molecule has 1 N–H and O–H groups in total. The highest BCUT2D eigenvalue weighted by molar-refractivity contribution is 7.98. The molecule has 0 aliphatic heterocycles. The molecule has 0 unspecified atom stereocenters. The Labute approximate surface area is 150 Å². The highest BCUT2D eigenvalue weighted by Crippen LogP contribution is 2.24. The van der Waals surface area contributed by atoms with Crippen molar-refractivity contribution in [1.82, 2.24) is 4.90 Å². The Morgan fingerprint density at radius 3 is 2.52 bits per heavy atom. The van der Waals surface area contributed by atoms with E-state index in [-0.39, 0.29) is 24.2 Å². The third-order valence-corrected chi connectivity index (χ3v) is 4.22. The minimum absolute atomic E-state index is 0.0602. The number of halogens is 1. The number of para-hydroxylation sites is 1. The molecule has 0 saturated carbocycles. The minimum Gasteiger partial charge on any atom is -0.333 e. The number of amides is 2. The fourth-order valence-corrected chi connectivity index (χ4v) is 2.65. The molecule has 0 fully saturated rings. The molecular formula is C19H19FN2O2S. The molecule has 2 aromatic carbocycles. The zero-order chi connectivity index (χ0) is 18.2. The lowest BCUT2D eigenvalue weighted by Gasteiger charge is -2.15. The van der Waals surface area contributed by atoms with Crippen LogP contribution in [-0.4, -0.2) is 36.6 Å². The third kappa shape index (κ3) is 5.76. The maximum atomic E-state index is 12.8. The van der Waals surface area contributed by atoms with Gasteiger partial charge < -0.3 is 10.2 Å². The molecule has 0 aliphatic rings. The first-order chi connectivity index (χ1) is 12.0. The third-order valence-electron chi connectivity index (χ3n) is 3.43. The molecule has 2 aromatic rings.